The van der Waals surface area contributed by atoms with Gasteiger partial charge in [0.2, 0.25) is 0 Å². The summed E-state index contributed by atoms with van der Waals surface area (Å²) in [6, 6.07) is 8.51. The lowest BCUT2D eigenvalue weighted by molar-refractivity contribution is 0.337. The molecule has 0 atom stereocenters. The van der Waals surface area contributed by atoms with Crippen LogP contribution in [0.5, 0.6) is 0 Å². The Morgan fingerprint density at radius 2 is 1.86 bits per heavy atom. The normalized spacial score (nSPS) is 10.5. The molecular weight excluding hydrogens is 174 g/mol. The van der Waals surface area contributed by atoms with Crippen LogP contribution < -0.4 is 4.90 Å². The molecule has 14 heavy (non-hydrogen) atoms. The Morgan fingerprint density at radius 3 is 2.36 bits per heavy atom. The monoisotopic (exact) mass is 191 g/mol. The molecule has 0 fully saturated rings. The summed E-state index contributed by atoms with van der Waals surface area (Å²) in [5.74, 6) is 0. The Bertz CT molecular complexity index is 288. The molecule has 0 aliphatic rings. The minimum atomic E-state index is 0.918. The predicted molar refractivity (Wildman–Crippen MR) is 60.6 cm³/mol. The van der Waals surface area contributed by atoms with Crippen molar-refractivity contribution in [2.75, 3.05) is 26.1 Å². The molecule has 0 unspecified atom stereocenters. The Hall–Kier alpha value is -1.44. The Kier molecular flexibility index (Phi) is 4.05. The van der Waals surface area contributed by atoms with Crippen molar-refractivity contribution in [1.29, 1.82) is 0 Å². The fraction of sp³-hybridized carbons (Fsp3) is 0.333. The van der Waals surface area contributed by atoms with Gasteiger partial charge in [0.25, 0.3) is 0 Å². The summed E-state index contributed by atoms with van der Waals surface area (Å²) in [4.78, 5) is 2.09. The van der Waals surface area contributed by atoms with E-state index < -0.39 is 0 Å². The van der Waals surface area contributed by atoms with Crippen LogP contribution in [0, 0.1) is 0 Å². The largest absolute Gasteiger partial charge is 0.505 e. The third-order valence-corrected chi connectivity index (χ3v) is 2.04. The third-order valence-electron chi connectivity index (χ3n) is 2.04. The van der Waals surface area contributed by atoms with Gasteiger partial charge in [-0.1, -0.05) is 12.1 Å². The van der Waals surface area contributed by atoms with Gasteiger partial charge < -0.3 is 9.64 Å². The summed E-state index contributed by atoms with van der Waals surface area (Å²) in [6.07, 6.45) is 4.63. The summed E-state index contributed by atoms with van der Waals surface area (Å²) in [5, 5.41) is 0. The molecular formula is C12H17NO. The van der Waals surface area contributed by atoms with E-state index in [1.165, 1.54) is 11.3 Å². The highest BCUT2D eigenvalue weighted by molar-refractivity contribution is 5.46. The summed E-state index contributed by atoms with van der Waals surface area (Å²) in [7, 11) is 5.74. The number of allylic oxidation sites excluding steroid dienone is 1. The first kappa shape index (κ1) is 10.6. The van der Waals surface area contributed by atoms with Gasteiger partial charge in [0, 0.05) is 19.8 Å². The fourth-order valence-corrected chi connectivity index (χ4v) is 1.21. The summed E-state index contributed by atoms with van der Waals surface area (Å²) >= 11 is 0. The van der Waals surface area contributed by atoms with Crippen molar-refractivity contribution >= 4 is 5.69 Å². The van der Waals surface area contributed by atoms with Crippen molar-refractivity contribution in [1.82, 2.24) is 0 Å². The van der Waals surface area contributed by atoms with E-state index in [1.807, 2.05) is 20.2 Å². The van der Waals surface area contributed by atoms with Crippen molar-refractivity contribution in [2.45, 2.75) is 6.42 Å². The van der Waals surface area contributed by atoms with Crippen molar-refractivity contribution in [3.63, 3.8) is 0 Å². The lowest BCUT2D eigenvalue weighted by Crippen LogP contribution is -2.08. The maximum atomic E-state index is 4.84. The molecule has 0 N–H and O–H groups in total. The van der Waals surface area contributed by atoms with Gasteiger partial charge in [-0.2, -0.15) is 0 Å². The van der Waals surface area contributed by atoms with E-state index >= 15 is 0 Å². The molecule has 0 aromatic heterocycles. The molecule has 1 aromatic rings. The third kappa shape index (κ3) is 3.13. The summed E-state index contributed by atoms with van der Waals surface area (Å²) in [5.41, 5.74) is 2.52. The van der Waals surface area contributed by atoms with Gasteiger partial charge in [-0.3, -0.25) is 0 Å². The van der Waals surface area contributed by atoms with Crippen molar-refractivity contribution in [3.05, 3.63) is 42.2 Å². The van der Waals surface area contributed by atoms with Crippen molar-refractivity contribution in [3.8, 4) is 0 Å². The van der Waals surface area contributed by atoms with E-state index in [4.69, 9.17) is 4.74 Å². The highest BCUT2D eigenvalue weighted by Gasteiger charge is 1.94. The highest BCUT2D eigenvalue weighted by atomic mass is 16.5. The van der Waals surface area contributed by atoms with E-state index in [2.05, 4.69) is 29.2 Å². The topological polar surface area (TPSA) is 12.5 Å². The van der Waals surface area contributed by atoms with E-state index in [-0.39, 0.29) is 0 Å². The van der Waals surface area contributed by atoms with E-state index in [0.29, 0.717) is 0 Å². The molecule has 2 heteroatoms. The van der Waals surface area contributed by atoms with Crippen LogP contribution >= 0.6 is 0 Å². The zero-order valence-electron chi connectivity index (χ0n) is 9.03. The smallest absolute Gasteiger partial charge is 0.0788 e. The minimum absolute atomic E-state index is 0.918. The molecule has 1 aromatic carbocycles. The molecule has 0 saturated carbocycles. The lowest BCUT2D eigenvalue weighted by atomic mass is 10.1. The average molecular weight is 191 g/mol. The highest BCUT2D eigenvalue weighted by Crippen LogP contribution is 2.12. The molecule has 0 bridgehead atoms. The molecule has 0 heterocycles. The van der Waals surface area contributed by atoms with Gasteiger partial charge in [0.15, 0.2) is 0 Å². The second-order valence-electron chi connectivity index (χ2n) is 3.37. The van der Waals surface area contributed by atoms with Gasteiger partial charge in [-0.25, -0.2) is 0 Å². The number of ether oxygens (including phenoxy) is 1. The van der Waals surface area contributed by atoms with Gasteiger partial charge in [-0.15, -0.1) is 0 Å². The average Bonchev–Trinajstić information content (AvgIpc) is 2.19. The molecule has 0 spiro atoms. The van der Waals surface area contributed by atoms with Crippen LogP contribution in [0.1, 0.15) is 5.56 Å². The van der Waals surface area contributed by atoms with E-state index in [1.54, 1.807) is 13.4 Å². The second kappa shape index (κ2) is 5.32. The van der Waals surface area contributed by atoms with Crippen LogP contribution in [0.3, 0.4) is 0 Å². The maximum absolute atomic E-state index is 4.84. The summed E-state index contributed by atoms with van der Waals surface area (Å²) in [6.45, 7) is 0. The molecule has 76 valence electrons. The standard InChI is InChI=1S/C12H17NO/c1-13(2)12-8-6-11(7-9-12)5-4-10-14-3/h4,6-10H,5H2,1-3H3. The number of nitrogens with zero attached hydrogens (tertiary/aromatic N) is 1. The zero-order valence-corrected chi connectivity index (χ0v) is 9.03. The number of anilines is 1. The van der Waals surface area contributed by atoms with Crippen LogP contribution in [0.25, 0.3) is 0 Å². The second-order valence-corrected chi connectivity index (χ2v) is 3.37. The minimum Gasteiger partial charge on any atom is -0.505 e. The summed E-state index contributed by atoms with van der Waals surface area (Å²) < 4.78 is 4.84. The first-order chi connectivity index (χ1) is 6.74. The molecule has 0 saturated heterocycles. The van der Waals surface area contributed by atoms with Crippen molar-refractivity contribution < 1.29 is 4.74 Å². The molecule has 2 nitrogen and oxygen atoms in total. The van der Waals surface area contributed by atoms with Gasteiger partial charge in [-0.05, 0) is 30.2 Å². The number of hydrogen-bond donors (Lipinski definition) is 0. The molecule has 0 aliphatic heterocycles. The van der Waals surface area contributed by atoms with Gasteiger partial charge >= 0.3 is 0 Å². The van der Waals surface area contributed by atoms with Gasteiger partial charge in [0.05, 0.1) is 13.4 Å². The van der Waals surface area contributed by atoms with Crippen LogP contribution in [0.15, 0.2) is 36.6 Å². The van der Waals surface area contributed by atoms with E-state index in [9.17, 15) is 0 Å². The van der Waals surface area contributed by atoms with Crippen molar-refractivity contribution in [2.24, 2.45) is 0 Å². The fourth-order valence-electron chi connectivity index (χ4n) is 1.21. The SMILES string of the molecule is COC=CCc1ccc(N(C)C)cc1. The first-order valence-electron chi connectivity index (χ1n) is 4.68. The Morgan fingerprint density at radius 1 is 1.21 bits per heavy atom. The lowest BCUT2D eigenvalue weighted by Gasteiger charge is -2.12. The van der Waals surface area contributed by atoms with Crippen LogP contribution in [0.2, 0.25) is 0 Å². The number of rotatable bonds is 4. The predicted octanol–water partition coefficient (Wildman–Crippen LogP) is 2.46. The van der Waals surface area contributed by atoms with Crippen LogP contribution in [0.4, 0.5) is 5.69 Å². The molecule has 1 rings (SSSR count). The van der Waals surface area contributed by atoms with Gasteiger partial charge in [0.1, 0.15) is 0 Å². The van der Waals surface area contributed by atoms with Crippen LogP contribution in [-0.2, 0) is 11.2 Å². The number of hydrogen-bond acceptors (Lipinski definition) is 2. The zero-order chi connectivity index (χ0) is 10.4. The Balaban J connectivity index is 2.59. The number of benzene rings is 1. The quantitative estimate of drug-likeness (QED) is 0.678. The Labute approximate surface area is 85.8 Å². The van der Waals surface area contributed by atoms with E-state index in [0.717, 1.165) is 6.42 Å². The number of methoxy groups -OCH3 is 1. The molecule has 0 amide bonds. The molecule has 0 radical (unpaired) electrons. The molecule has 0 aliphatic carbocycles. The first-order valence-corrected chi connectivity index (χ1v) is 4.68. The van der Waals surface area contributed by atoms with Crippen LogP contribution in [-0.4, -0.2) is 21.2 Å². The maximum Gasteiger partial charge on any atom is 0.0788 e.